The number of carbonyl (C=O) groups is 1. The molecule has 0 atom stereocenters. The van der Waals surface area contributed by atoms with Gasteiger partial charge in [0.1, 0.15) is 5.82 Å². The maximum absolute atomic E-state index is 13.2. The Bertz CT molecular complexity index is 836. The molecule has 0 unspecified atom stereocenters. The van der Waals surface area contributed by atoms with Crippen molar-refractivity contribution in [2.45, 2.75) is 44.1 Å². The molecule has 0 aromatic carbocycles. The van der Waals surface area contributed by atoms with Gasteiger partial charge in [-0.2, -0.15) is 0 Å². The van der Waals surface area contributed by atoms with Gasteiger partial charge in [0.25, 0.3) is 0 Å². The molecule has 4 heterocycles. The van der Waals surface area contributed by atoms with Crippen LogP contribution in [0.15, 0.2) is 24.7 Å². The van der Waals surface area contributed by atoms with E-state index in [9.17, 15) is 4.79 Å². The average molecular weight is 386 g/mol. The minimum absolute atomic E-state index is 0.221. The molecule has 1 N–H and O–H groups in total. The number of aromatic nitrogens is 3. The summed E-state index contributed by atoms with van der Waals surface area (Å²) < 4.78 is 0. The zero-order valence-corrected chi connectivity index (χ0v) is 16.1. The van der Waals surface area contributed by atoms with Gasteiger partial charge >= 0.3 is 0 Å². The fraction of sp³-hybridized carbons (Fsp3) is 0.550. The number of hydrogen-bond acceptors (Lipinski definition) is 4. The fourth-order valence-corrected chi connectivity index (χ4v) is 4.95. The molecule has 2 fully saturated rings. The molecule has 3 aliphatic rings. The third-order valence-electron chi connectivity index (χ3n) is 6.61. The van der Waals surface area contributed by atoms with Crippen molar-refractivity contribution in [3.05, 3.63) is 41.1 Å². The van der Waals surface area contributed by atoms with Crippen LogP contribution in [0.3, 0.4) is 0 Å². The molecule has 0 bridgehead atoms. The van der Waals surface area contributed by atoms with Crippen LogP contribution in [0.1, 0.15) is 43.5 Å². The monoisotopic (exact) mass is 385 g/mol. The number of amides is 1. The standard InChI is InChI=1S/C20H24ClN5O/c21-15-4-5-17(22-12-15)25-10-7-20(8-11-25)18-16(23-13-24-18)6-9-26(20)19(27)14-2-1-3-14/h4-5,12-14H,1-3,6-11H2,(H,23,24). The number of halogens is 1. The number of nitrogens with one attached hydrogen (secondary N) is 1. The number of anilines is 1. The Morgan fingerprint density at radius 1 is 1.19 bits per heavy atom. The summed E-state index contributed by atoms with van der Waals surface area (Å²) in [6.07, 6.45) is 9.39. The van der Waals surface area contributed by atoms with Gasteiger partial charge in [0, 0.05) is 43.9 Å². The summed E-state index contributed by atoms with van der Waals surface area (Å²) in [7, 11) is 0. The molecule has 27 heavy (non-hydrogen) atoms. The van der Waals surface area contributed by atoms with Crippen molar-refractivity contribution < 1.29 is 4.79 Å². The predicted molar refractivity (Wildman–Crippen MR) is 104 cm³/mol. The molecule has 6 nitrogen and oxygen atoms in total. The van der Waals surface area contributed by atoms with Crippen LogP contribution < -0.4 is 4.90 Å². The second kappa shape index (κ2) is 6.51. The quantitative estimate of drug-likeness (QED) is 0.862. The highest BCUT2D eigenvalue weighted by Gasteiger charge is 2.50. The third-order valence-corrected chi connectivity index (χ3v) is 6.83. The highest BCUT2D eigenvalue weighted by molar-refractivity contribution is 6.30. The number of pyridine rings is 1. The predicted octanol–water partition coefficient (Wildman–Crippen LogP) is 3.14. The van der Waals surface area contributed by atoms with Crippen LogP contribution in [-0.4, -0.2) is 45.4 Å². The lowest BCUT2D eigenvalue weighted by Crippen LogP contribution is -2.60. The molecule has 142 valence electrons. The largest absolute Gasteiger partial charge is 0.356 e. The second-order valence-electron chi connectivity index (χ2n) is 7.95. The lowest BCUT2D eigenvalue weighted by Gasteiger charge is -2.52. The summed E-state index contributed by atoms with van der Waals surface area (Å²) in [5, 5.41) is 0.651. The third kappa shape index (κ3) is 2.73. The molecule has 1 amide bonds. The van der Waals surface area contributed by atoms with Crippen LogP contribution in [-0.2, 0) is 16.8 Å². The van der Waals surface area contributed by atoms with E-state index in [0.717, 1.165) is 63.3 Å². The van der Waals surface area contributed by atoms with Crippen LogP contribution in [0.25, 0.3) is 0 Å². The SMILES string of the molecule is O=C(C1CCC1)N1CCc2[nH]cnc2C12CCN(c1ccc(Cl)cn1)CC2. The number of H-pyrrole nitrogens is 1. The van der Waals surface area contributed by atoms with E-state index in [-0.39, 0.29) is 11.5 Å². The molecular formula is C20H24ClN5O. The van der Waals surface area contributed by atoms with Crippen molar-refractivity contribution in [1.82, 2.24) is 19.9 Å². The summed E-state index contributed by atoms with van der Waals surface area (Å²) in [5.74, 6) is 1.51. The van der Waals surface area contributed by atoms with Crippen molar-refractivity contribution in [1.29, 1.82) is 0 Å². The van der Waals surface area contributed by atoms with Gasteiger partial charge in [-0.1, -0.05) is 18.0 Å². The molecule has 7 heteroatoms. The maximum atomic E-state index is 13.2. The lowest BCUT2D eigenvalue weighted by atomic mass is 9.76. The van der Waals surface area contributed by atoms with E-state index in [0.29, 0.717) is 10.9 Å². The summed E-state index contributed by atoms with van der Waals surface area (Å²) in [4.78, 5) is 30.1. The minimum atomic E-state index is -0.275. The molecule has 2 aliphatic heterocycles. The molecule has 2 aromatic rings. The van der Waals surface area contributed by atoms with Gasteiger partial charge in [-0.3, -0.25) is 4.79 Å². The van der Waals surface area contributed by atoms with Crippen molar-refractivity contribution in [2.75, 3.05) is 24.5 Å². The van der Waals surface area contributed by atoms with E-state index in [1.807, 2.05) is 12.1 Å². The number of imidazole rings is 1. The fourth-order valence-electron chi connectivity index (χ4n) is 4.84. The molecule has 1 saturated heterocycles. The number of rotatable bonds is 2. The average Bonchev–Trinajstić information content (AvgIpc) is 3.12. The molecule has 1 aliphatic carbocycles. The normalized spacial score (nSPS) is 21.8. The van der Waals surface area contributed by atoms with Gasteiger partial charge in [0.2, 0.25) is 5.91 Å². The van der Waals surface area contributed by atoms with E-state index in [2.05, 4.69) is 24.8 Å². The van der Waals surface area contributed by atoms with E-state index < -0.39 is 0 Å². The summed E-state index contributed by atoms with van der Waals surface area (Å²) in [6, 6.07) is 3.85. The molecule has 5 rings (SSSR count). The zero-order chi connectivity index (χ0) is 18.4. The molecule has 1 spiro atoms. The van der Waals surface area contributed by atoms with Gasteiger partial charge in [-0.25, -0.2) is 9.97 Å². The molecule has 0 radical (unpaired) electrons. The molecular weight excluding hydrogens is 362 g/mol. The van der Waals surface area contributed by atoms with Crippen LogP contribution in [0.4, 0.5) is 5.82 Å². The van der Waals surface area contributed by atoms with E-state index in [1.54, 1.807) is 12.5 Å². The van der Waals surface area contributed by atoms with Gasteiger partial charge in [0.15, 0.2) is 0 Å². The Kier molecular flexibility index (Phi) is 4.11. The Balaban J connectivity index is 1.43. The zero-order valence-electron chi connectivity index (χ0n) is 15.3. The molecule has 2 aromatic heterocycles. The van der Waals surface area contributed by atoms with E-state index in [4.69, 9.17) is 11.6 Å². The first-order chi connectivity index (χ1) is 13.2. The maximum Gasteiger partial charge on any atom is 0.226 e. The Morgan fingerprint density at radius 3 is 2.67 bits per heavy atom. The van der Waals surface area contributed by atoms with Crippen molar-refractivity contribution in [3.8, 4) is 0 Å². The number of aromatic amines is 1. The van der Waals surface area contributed by atoms with Gasteiger partial charge < -0.3 is 14.8 Å². The number of nitrogens with zero attached hydrogens (tertiary/aromatic N) is 4. The lowest BCUT2D eigenvalue weighted by molar-refractivity contribution is -0.147. The van der Waals surface area contributed by atoms with Crippen LogP contribution in [0.5, 0.6) is 0 Å². The smallest absolute Gasteiger partial charge is 0.226 e. The van der Waals surface area contributed by atoms with E-state index in [1.165, 1.54) is 12.1 Å². The van der Waals surface area contributed by atoms with Crippen molar-refractivity contribution >= 4 is 23.3 Å². The van der Waals surface area contributed by atoms with Crippen LogP contribution in [0.2, 0.25) is 5.02 Å². The first-order valence-corrected chi connectivity index (χ1v) is 10.3. The molecule has 1 saturated carbocycles. The van der Waals surface area contributed by atoms with Gasteiger partial charge in [0.05, 0.1) is 22.6 Å². The topological polar surface area (TPSA) is 65.1 Å². The van der Waals surface area contributed by atoms with Crippen LogP contribution >= 0.6 is 11.6 Å². The van der Waals surface area contributed by atoms with Crippen molar-refractivity contribution in [3.63, 3.8) is 0 Å². The van der Waals surface area contributed by atoms with Crippen molar-refractivity contribution in [2.24, 2.45) is 5.92 Å². The van der Waals surface area contributed by atoms with Gasteiger partial charge in [-0.05, 0) is 37.8 Å². The number of carbonyl (C=O) groups excluding carboxylic acids is 1. The summed E-state index contributed by atoms with van der Waals surface area (Å²) in [6.45, 7) is 2.51. The van der Waals surface area contributed by atoms with Gasteiger partial charge in [-0.15, -0.1) is 0 Å². The second-order valence-corrected chi connectivity index (χ2v) is 8.39. The number of fused-ring (bicyclic) bond motifs is 2. The highest BCUT2D eigenvalue weighted by atomic mass is 35.5. The van der Waals surface area contributed by atoms with Crippen LogP contribution in [0, 0.1) is 5.92 Å². The summed E-state index contributed by atoms with van der Waals surface area (Å²) in [5.41, 5.74) is 2.01. The first-order valence-electron chi connectivity index (χ1n) is 9.88. The Morgan fingerprint density at radius 2 is 2.00 bits per heavy atom. The van der Waals surface area contributed by atoms with E-state index >= 15 is 0 Å². The summed E-state index contributed by atoms with van der Waals surface area (Å²) >= 11 is 5.98. The number of hydrogen-bond donors (Lipinski definition) is 1. The Labute approximate surface area is 163 Å². The Hall–Kier alpha value is -2.08. The number of piperidine rings is 1. The first kappa shape index (κ1) is 17.0. The minimum Gasteiger partial charge on any atom is -0.356 e. The highest BCUT2D eigenvalue weighted by Crippen LogP contribution is 2.44.